The lowest BCUT2D eigenvalue weighted by Crippen LogP contribution is -2.22. The number of ether oxygens (including phenoxy) is 1. The number of aryl methyl sites for hydroxylation is 1. The van der Waals surface area contributed by atoms with E-state index in [4.69, 9.17) is 4.74 Å². The predicted octanol–water partition coefficient (Wildman–Crippen LogP) is 3.07. The Labute approximate surface area is 184 Å². The molecule has 3 aromatic rings. The number of hydrogen-bond acceptors (Lipinski definition) is 7. The second kappa shape index (κ2) is 8.35. The van der Waals surface area contributed by atoms with Gasteiger partial charge in [-0.1, -0.05) is 11.8 Å². The maximum absolute atomic E-state index is 11.6. The summed E-state index contributed by atoms with van der Waals surface area (Å²) < 4.78 is 29.0. The van der Waals surface area contributed by atoms with Crippen LogP contribution in [-0.2, 0) is 14.6 Å². The normalized spacial score (nSPS) is 16.4. The monoisotopic (exact) mass is 458 g/mol. The third-order valence-corrected chi connectivity index (χ3v) is 7.09. The summed E-state index contributed by atoms with van der Waals surface area (Å²) in [4.78, 5) is 23.6. The number of carbonyl (C=O) groups is 1. The van der Waals surface area contributed by atoms with Crippen molar-refractivity contribution < 1.29 is 17.9 Å². The van der Waals surface area contributed by atoms with E-state index in [-0.39, 0.29) is 16.2 Å². The first-order chi connectivity index (χ1) is 14.7. The van der Waals surface area contributed by atoms with Crippen molar-refractivity contribution in [1.82, 2.24) is 15.3 Å². The average molecular weight is 459 g/mol. The van der Waals surface area contributed by atoms with E-state index in [9.17, 15) is 13.2 Å². The number of nitrogens with one attached hydrogen (secondary N) is 2. The van der Waals surface area contributed by atoms with Crippen LogP contribution in [0.2, 0.25) is 0 Å². The summed E-state index contributed by atoms with van der Waals surface area (Å²) in [6, 6.07) is 8.85. The SMILES string of the molecule is CNC(=O)CC1CN=C(c2cc3cc(Oc4ccc(S(C)(=O)=O)nc4)cc(C)c3[nH]2)S1. The van der Waals surface area contributed by atoms with Crippen LogP contribution in [-0.4, -0.2) is 54.4 Å². The van der Waals surface area contributed by atoms with Crippen LogP contribution in [0.25, 0.3) is 10.9 Å². The van der Waals surface area contributed by atoms with Gasteiger partial charge in [-0.3, -0.25) is 9.79 Å². The van der Waals surface area contributed by atoms with Gasteiger partial charge in [0.25, 0.3) is 0 Å². The second-order valence-electron chi connectivity index (χ2n) is 7.36. The van der Waals surface area contributed by atoms with Crippen molar-refractivity contribution in [2.45, 2.75) is 23.6 Å². The van der Waals surface area contributed by atoms with Crippen LogP contribution in [0.1, 0.15) is 17.7 Å². The van der Waals surface area contributed by atoms with Crippen LogP contribution in [0.5, 0.6) is 11.5 Å². The Morgan fingerprint density at radius 3 is 2.77 bits per heavy atom. The summed E-state index contributed by atoms with van der Waals surface area (Å²) in [5.41, 5.74) is 2.91. The number of aromatic nitrogens is 2. The van der Waals surface area contributed by atoms with Crippen molar-refractivity contribution in [2.75, 3.05) is 19.8 Å². The van der Waals surface area contributed by atoms with Crippen LogP contribution in [0.3, 0.4) is 0 Å². The summed E-state index contributed by atoms with van der Waals surface area (Å²) in [5, 5.41) is 4.67. The van der Waals surface area contributed by atoms with Gasteiger partial charge < -0.3 is 15.0 Å². The van der Waals surface area contributed by atoms with Crippen LogP contribution in [0.4, 0.5) is 0 Å². The largest absolute Gasteiger partial charge is 0.456 e. The summed E-state index contributed by atoms with van der Waals surface area (Å²) in [5.74, 6) is 1.10. The van der Waals surface area contributed by atoms with Crippen LogP contribution < -0.4 is 10.1 Å². The predicted molar refractivity (Wildman–Crippen MR) is 122 cm³/mol. The highest BCUT2D eigenvalue weighted by atomic mass is 32.2. The quantitative estimate of drug-likeness (QED) is 0.587. The fourth-order valence-corrected chi connectivity index (χ4v) is 4.97. The topological polar surface area (TPSA) is 114 Å². The summed E-state index contributed by atoms with van der Waals surface area (Å²) in [6.07, 6.45) is 2.96. The molecule has 1 unspecified atom stereocenters. The average Bonchev–Trinajstić information content (AvgIpc) is 3.35. The fourth-order valence-electron chi connectivity index (χ4n) is 3.33. The molecule has 162 valence electrons. The molecular formula is C21H22N4O4S2. The minimum atomic E-state index is -3.35. The van der Waals surface area contributed by atoms with Crippen molar-refractivity contribution in [2.24, 2.45) is 4.99 Å². The van der Waals surface area contributed by atoms with E-state index in [1.165, 1.54) is 12.3 Å². The first-order valence-electron chi connectivity index (χ1n) is 9.62. The highest BCUT2D eigenvalue weighted by Gasteiger charge is 2.24. The van der Waals surface area contributed by atoms with Gasteiger partial charge in [-0.2, -0.15) is 0 Å². The van der Waals surface area contributed by atoms with Gasteiger partial charge >= 0.3 is 0 Å². The molecule has 1 aliphatic heterocycles. The zero-order valence-corrected chi connectivity index (χ0v) is 18.9. The van der Waals surface area contributed by atoms with E-state index < -0.39 is 9.84 Å². The lowest BCUT2D eigenvalue weighted by atomic mass is 10.1. The third-order valence-electron chi connectivity index (χ3n) is 4.86. The lowest BCUT2D eigenvalue weighted by molar-refractivity contribution is -0.120. The van der Waals surface area contributed by atoms with E-state index in [0.717, 1.165) is 33.5 Å². The lowest BCUT2D eigenvalue weighted by Gasteiger charge is -2.07. The summed E-state index contributed by atoms with van der Waals surface area (Å²) >= 11 is 1.61. The van der Waals surface area contributed by atoms with E-state index in [0.29, 0.717) is 24.5 Å². The second-order valence-corrected chi connectivity index (χ2v) is 10.6. The van der Waals surface area contributed by atoms with E-state index >= 15 is 0 Å². The van der Waals surface area contributed by atoms with Gasteiger partial charge in [0.15, 0.2) is 14.9 Å². The number of H-pyrrole nitrogens is 1. The Morgan fingerprint density at radius 1 is 1.29 bits per heavy atom. The number of aromatic amines is 1. The van der Waals surface area contributed by atoms with Gasteiger partial charge in [0.05, 0.1) is 18.4 Å². The molecule has 4 rings (SSSR count). The Kier molecular flexibility index (Phi) is 5.76. The Balaban J connectivity index is 1.54. The number of rotatable bonds is 6. The number of amides is 1. The first-order valence-corrected chi connectivity index (χ1v) is 12.4. The number of benzene rings is 1. The van der Waals surface area contributed by atoms with Gasteiger partial charge in [-0.05, 0) is 42.8 Å². The number of nitrogens with zero attached hydrogens (tertiary/aromatic N) is 2. The zero-order valence-electron chi connectivity index (χ0n) is 17.3. The zero-order chi connectivity index (χ0) is 22.2. The van der Waals surface area contributed by atoms with Crippen LogP contribution in [0.15, 0.2) is 46.5 Å². The number of fused-ring (bicyclic) bond motifs is 1. The van der Waals surface area contributed by atoms with Crippen LogP contribution in [0, 0.1) is 6.92 Å². The molecular weight excluding hydrogens is 436 g/mol. The molecule has 0 radical (unpaired) electrons. The smallest absolute Gasteiger partial charge is 0.220 e. The molecule has 3 heterocycles. The molecule has 8 nitrogen and oxygen atoms in total. The molecule has 0 spiro atoms. The summed E-state index contributed by atoms with van der Waals surface area (Å²) in [7, 11) is -1.71. The van der Waals surface area contributed by atoms with E-state index in [1.807, 2.05) is 25.1 Å². The fraction of sp³-hybridized carbons (Fsp3) is 0.286. The minimum Gasteiger partial charge on any atom is -0.456 e. The Morgan fingerprint density at radius 2 is 2.10 bits per heavy atom. The highest BCUT2D eigenvalue weighted by Crippen LogP contribution is 2.32. The molecule has 1 aliphatic rings. The number of sulfone groups is 1. The number of thioether (sulfide) groups is 1. The minimum absolute atomic E-state index is 0.00585. The van der Waals surface area contributed by atoms with Gasteiger partial charge in [0.2, 0.25) is 5.91 Å². The molecule has 31 heavy (non-hydrogen) atoms. The summed E-state index contributed by atoms with van der Waals surface area (Å²) in [6.45, 7) is 2.60. The Hall–Kier alpha value is -2.85. The first kappa shape index (κ1) is 21.4. The number of carbonyl (C=O) groups excluding carboxylic acids is 1. The van der Waals surface area contributed by atoms with Gasteiger partial charge in [-0.25, -0.2) is 13.4 Å². The molecule has 0 aliphatic carbocycles. The molecule has 0 bridgehead atoms. The standard InChI is InChI=1S/C21H22N4O4S2/c1-12-6-15(29-14-4-5-19(23-10-14)31(3,27)28)7-13-8-17(25-20(12)13)21-24-11-16(30-21)9-18(26)22-2/h4-8,10,16,25H,9,11H2,1-3H3,(H,22,26). The van der Waals surface area contributed by atoms with Crippen molar-refractivity contribution in [3.63, 3.8) is 0 Å². The Bertz CT molecular complexity index is 1280. The molecule has 1 atom stereocenters. The molecule has 0 saturated carbocycles. The molecule has 1 aromatic carbocycles. The van der Waals surface area contributed by atoms with Gasteiger partial charge in [-0.15, -0.1) is 0 Å². The molecule has 2 N–H and O–H groups in total. The molecule has 1 amide bonds. The third kappa shape index (κ3) is 4.75. The van der Waals surface area contributed by atoms with Gasteiger partial charge in [0.1, 0.15) is 16.5 Å². The molecule has 0 fully saturated rings. The number of pyridine rings is 1. The van der Waals surface area contributed by atoms with Crippen molar-refractivity contribution in [1.29, 1.82) is 0 Å². The number of hydrogen-bond donors (Lipinski definition) is 2. The molecule has 2 aromatic heterocycles. The maximum atomic E-state index is 11.6. The number of aliphatic imine (C=N–C) groups is 1. The van der Waals surface area contributed by atoms with Crippen molar-refractivity contribution >= 4 is 43.5 Å². The van der Waals surface area contributed by atoms with Crippen LogP contribution >= 0.6 is 11.8 Å². The molecule has 10 heteroatoms. The maximum Gasteiger partial charge on any atom is 0.220 e. The highest BCUT2D eigenvalue weighted by molar-refractivity contribution is 8.15. The van der Waals surface area contributed by atoms with Gasteiger partial charge in [0, 0.05) is 35.9 Å². The van der Waals surface area contributed by atoms with Crippen molar-refractivity contribution in [3.05, 3.63) is 47.8 Å². The van der Waals surface area contributed by atoms with Crippen molar-refractivity contribution in [3.8, 4) is 11.5 Å². The van der Waals surface area contributed by atoms with E-state index in [2.05, 4.69) is 20.3 Å². The van der Waals surface area contributed by atoms with E-state index in [1.54, 1.807) is 24.9 Å². The molecule has 0 saturated heterocycles.